The standard InChI is InChI=1S/C49H91NO10/c1-3-5-7-9-11-13-15-16-17-18-19-20-21-22-23-24-25-26-27-29-30-32-34-36-41(52)44(54)40(39-59-49-47(57)46(56)45(55)43(38-51)60-49)50-48(58)42(53)37-35-33-31-28-14-12-10-8-6-4-2/h20-21,24-25,29-30,40-47,49,51-57H,3-19,22-23,26-28,31-39H2,1-2H3,(H,50,58)/b21-20+,25-24+,30-29+. The van der Waals surface area contributed by atoms with Gasteiger partial charge in [0.25, 0.3) is 0 Å². The number of ether oxygens (including phenoxy) is 2. The molecule has 8 N–H and O–H groups in total. The Kier molecular flexibility index (Phi) is 36.6. The summed E-state index contributed by atoms with van der Waals surface area (Å²) in [5.41, 5.74) is 0. The fourth-order valence-electron chi connectivity index (χ4n) is 7.59. The number of allylic oxidation sites excluding steroid dienone is 6. The average molecular weight is 854 g/mol. The highest BCUT2D eigenvalue weighted by molar-refractivity contribution is 5.80. The molecule has 352 valence electrons. The molecule has 1 aliphatic rings. The Morgan fingerprint density at radius 1 is 0.567 bits per heavy atom. The van der Waals surface area contributed by atoms with Crippen LogP contribution < -0.4 is 5.32 Å². The van der Waals surface area contributed by atoms with E-state index in [0.29, 0.717) is 19.3 Å². The van der Waals surface area contributed by atoms with E-state index in [9.17, 15) is 40.5 Å². The number of amides is 1. The van der Waals surface area contributed by atoms with Crippen LogP contribution in [0.5, 0.6) is 0 Å². The van der Waals surface area contributed by atoms with Gasteiger partial charge in [-0.25, -0.2) is 0 Å². The first-order chi connectivity index (χ1) is 29.2. The summed E-state index contributed by atoms with van der Waals surface area (Å²) in [5, 5.41) is 75.6. The van der Waals surface area contributed by atoms with Crippen molar-refractivity contribution >= 4 is 5.91 Å². The highest BCUT2D eigenvalue weighted by Gasteiger charge is 2.44. The van der Waals surface area contributed by atoms with Crippen LogP contribution in [-0.2, 0) is 14.3 Å². The molecule has 0 bridgehead atoms. The molecule has 1 saturated heterocycles. The highest BCUT2D eigenvalue weighted by Crippen LogP contribution is 2.23. The number of hydrogen-bond acceptors (Lipinski definition) is 10. The van der Waals surface area contributed by atoms with Crippen molar-refractivity contribution in [2.24, 2.45) is 0 Å². The molecule has 11 nitrogen and oxygen atoms in total. The van der Waals surface area contributed by atoms with Crippen LogP contribution in [-0.4, -0.2) is 110 Å². The van der Waals surface area contributed by atoms with Crippen LogP contribution in [0.25, 0.3) is 0 Å². The van der Waals surface area contributed by atoms with Gasteiger partial charge in [-0.1, -0.05) is 172 Å². The molecule has 1 fully saturated rings. The minimum Gasteiger partial charge on any atom is -0.394 e. The third-order valence-corrected chi connectivity index (χ3v) is 11.7. The lowest BCUT2D eigenvalue weighted by atomic mass is 9.98. The Labute approximate surface area is 365 Å². The predicted molar refractivity (Wildman–Crippen MR) is 242 cm³/mol. The minimum absolute atomic E-state index is 0.242. The molecule has 1 amide bonds. The Morgan fingerprint density at radius 2 is 1.00 bits per heavy atom. The van der Waals surface area contributed by atoms with Crippen LogP contribution in [0.4, 0.5) is 0 Å². The molecular formula is C49H91NO10. The maximum absolute atomic E-state index is 13.0. The largest absolute Gasteiger partial charge is 0.394 e. The molecule has 0 aliphatic carbocycles. The number of carbonyl (C=O) groups is 1. The first-order valence-electron chi connectivity index (χ1n) is 24.4. The average Bonchev–Trinajstić information content (AvgIpc) is 3.25. The van der Waals surface area contributed by atoms with Crippen molar-refractivity contribution in [2.75, 3.05) is 13.2 Å². The van der Waals surface area contributed by atoms with Gasteiger partial charge >= 0.3 is 0 Å². The van der Waals surface area contributed by atoms with Crippen molar-refractivity contribution in [3.8, 4) is 0 Å². The van der Waals surface area contributed by atoms with Crippen molar-refractivity contribution < 1.29 is 50.0 Å². The third-order valence-electron chi connectivity index (χ3n) is 11.7. The first kappa shape index (κ1) is 56.3. The summed E-state index contributed by atoms with van der Waals surface area (Å²) in [6.07, 6.45) is 33.5. The Bertz CT molecular complexity index is 1070. The van der Waals surface area contributed by atoms with Crippen molar-refractivity contribution in [3.63, 3.8) is 0 Å². The summed E-state index contributed by atoms with van der Waals surface area (Å²) in [6.45, 7) is 3.39. The van der Waals surface area contributed by atoms with E-state index in [1.807, 2.05) is 0 Å². The van der Waals surface area contributed by atoms with Crippen molar-refractivity contribution in [1.29, 1.82) is 0 Å². The zero-order valence-electron chi connectivity index (χ0n) is 37.9. The van der Waals surface area contributed by atoms with E-state index < -0.39 is 74.2 Å². The fourth-order valence-corrected chi connectivity index (χ4v) is 7.59. The van der Waals surface area contributed by atoms with E-state index in [4.69, 9.17) is 9.47 Å². The molecule has 9 unspecified atom stereocenters. The smallest absolute Gasteiger partial charge is 0.249 e. The van der Waals surface area contributed by atoms with Crippen molar-refractivity contribution in [2.45, 2.75) is 255 Å². The molecule has 60 heavy (non-hydrogen) atoms. The molecule has 0 aromatic heterocycles. The lowest BCUT2D eigenvalue weighted by Gasteiger charge is -2.40. The summed E-state index contributed by atoms with van der Waals surface area (Å²) in [5.74, 6) is -0.715. The zero-order valence-corrected chi connectivity index (χ0v) is 37.9. The summed E-state index contributed by atoms with van der Waals surface area (Å²) in [7, 11) is 0. The number of aliphatic hydroxyl groups is 7. The number of rotatable bonds is 40. The highest BCUT2D eigenvalue weighted by atomic mass is 16.7. The summed E-state index contributed by atoms with van der Waals surface area (Å²) in [6, 6.07) is -1.19. The van der Waals surface area contributed by atoms with Gasteiger partial charge in [0.15, 0.2) is 6.29 Å². The van der Waals surface area contributed by atoms with Gasteiger partial charge in [0.1, 0.15) is 36.6 Å². The quantitative estimate of drug-likeness (QED) is 0.0220. The monoisotopic (exact) mass is 854 g/mol. The van der Waals surface area contributed by atoms with E-state index >= 15 is 0 Å². The number of unbranched alkanes of at least 4 members (excludes halogenated alkanes) is 22. The molecule has 1 heterocycles. The molecule has 0 spiro atoms. The molecule has 0 aromatic carbocycles. The van der Waals surface area contributed by atoms with E-state index in [1.165, 1.54) is 109 Å². The summed E-state index contributed by atoms with van der Waals surface area (Å²) < 4.78 is 11.1. The lowest BCUT2D eigenvalue weighted by molar-refractivity contribution is -0.303. The number of carbonyl (C=O) groups excluding carboxylic acids is 1. The first-order valence-corrected chi connectivity index (χ1v) is 24.4. The van der Waals surface area contributed by atoms with E-state index in [2.05, 4.69) is 55.6 Å². The van der Waals surface area contributed by atoms with Crippen LogP contribution in [0.1, 0.15) is 200 Å². The van der Waals surface area contributed by atoms with Gasteiger partial charge in [-0.15, -0.1) is 0 Å². The lowest BCUT2D eigenvalue weighted by Crippen LogP contribution is -2.60. The number of hydrogen-bond donors (Lipinski definition) is 8. The van der Waals surface area contributed by atoms with Gasteiger partial charge in [0.05, 0.1) is 25.4 Å². The van der Waals surface area contributed by atoms with Gasteiger partial charge in [-0.05, 0) is 64.2 Å². The second-order valence-corrected chi connectivity index (χ2v) is 17.2. The van der Waals surface area contributed by atoms with Crippen molar-refractivity contribution in [3.05, 3.63) is 36.5 Å². The van der Waals surface area contributed by atoms with Gasteiger partial charge in [0, 0.05) is 0 Å². The van der Waals surface area contributed by atoms with Crippen LogP contribution in [0.15, 0.2) is 36.5 Å². The van der Waals surface area contributed by atoms with Crippen LogP contribution in [0, 0.1) is 0 Å². The zero-order chi connectivity index (χ0) is 44.1. The second-order valence-electron chi connectivity index (χ2n) is 17.2. The topological polar surface area (TPSA) is 189 Å². The normalized spacial score (nSPS) is 21.9. The molecule has 0 radical (unpaired) electrons. The Morgan fingerprint density at radius 3 is 1.48 bits per heavy atom. The molecule has 0 aromatic rings. The molecule has 1 aliphatic heterocycles. The second kappa shape index (κ2) is 39.0. The Hall–Kier alpha value is -1.67. The fraction of sp³-hybridized carbons (Fsp3) is 0.857. The minimum atomic E-state index is -1.67. The molecule has 9 atom stereocenters. The van der Waals surface area contributed by atoms with Crippen LogP contribution in [0.3, 0.4) is 0 Å². The molecule has 0 saturated carbocycles. The predicted octanol–water partition coefficient (Wildman–Crippen LogP) is 8.39. The molecule has 11 heteroatoms. The van der Waals surface area contributed by atoms with E-state index in [-0.39, 0.29) is 12.8 Å². The Balaban J connectivity index is 2.42. The molecule has 1 rings (SSSR count). The molecular weight excluding hydrogens is 763 g/mol. The summed E-state index contributed by atoms with van der Waals surface area (Å²) >= 11 is 0. The number of nitrogens with one attached hydrogen (secondary N) is 1. The van der Waals surface area contributed by atoms with Crippen molar-refractivity contribution in [1.82, 2.24) is 5.32 Å². The van der Waals surface area contributed by atoms with E-state index in [1.54, 1.807) is 0 Å². The maximum atomic E-state index is 13.0. The van der Waals surface area contributed by atoms with Gasteiger partial charge in [-0.2, -0.15) is 0 Å². The van der Waals surface area contributed by atoms with Gasteiger partial charge < -0.3 is 50.5 Å². The van der Waals surface area contributed by atoms with Crippen LogP contribution >= 0.6 is 0 Å². The SMILES string of the molecule is CCCCCCCCCCCC/C=C/CC/C=C/CC/C=C/CCCC(O)C(O)C(COC1OC(CO)C(O)C(O)C1O)NC(=O)C(O)CCCCCCCCCCCC. The maximum Gasteiger partial charge on any atom is 0.249 e. The third kappa shape index (κ3) is 28.1. The van der Waals surface area contributed by atoms with Crippen LogP contribution in [0.2, 0.25) is 0 Å². The number of aliphatic hydroxyl groups excluding tert-OH is 7. The summed E-state index contributed by atoms with van der Waals surface area (Å²) in [4.78, 5) is 13.0. The van der Waals surface area contributed by atoms with Gasteiger partial charge in [-0.3, -0.25) is 4.79 Å². The van der Waals surface area contributed by atoms with Gasteiger partial charge in [0.2, 0.25) is 5.91 Å². The van der Waals surface area contributed by atoms with E-state index in [0.717, 1.165) is 44.9 Å².